The Morgan fingerprint density at radius 3 is 2.17 bits per heavy atom. The summed E-state index contributed by atoms with van der Waals surface area (Å²) in [6, 6.07) is 14.5. The fraction of sp³-hybridized carbons (Fsp3) is 0.0909. The number of esters is 1. The van der Waals surface area contributed by atoms with Crippen molar-refractivity contribution in [1.29, 1.82) is 0 Å². The van der Waals surface area contributed by atoms with E-state index in [0.29, 0.717) is 5.69 Å². The van der Waals surface area contributed by atoms with Crippen LogP contribution in [-0.4, -0.2) is 31.3 Å². The zero-order chi connectivity index (χ0) is 25.8. The molecule has 0 bridgehead atoms. The summed E-state index contributed by atoms with van der Waals surface area (Å²) in [6.45, 7) is 1.36. The van der Waals surface area contributed by atoms with Gasteiger partial charge >= 0.3 is 5.97 Å². The molecule has 1 amide bonds. The minimum Gasteiger partial charge on any atom is -0.449 e. The Kier molecular flexibility index (Phi) is 7.95. The molecule has 0 fully saturated rings. The number of non-ortho nitro benzene ring substituents is 1. The molecule has 0 spiro atoms. The summed E-state index contributed by atoms with van der Waals surface area (Å²) < 4.78 is 32.7. The van der Waals surface area contributed by atoms with E-state index in [0.717, 1.165) is 0 Å². The number of amides is 1. The van der Waals surface area contributed by atoms with E-state index in [-0.39, 0.29) is 31.9 Å². The third-order valence-corrected chi connectivity index (χ3v) is 6.65. The molecule has 0 radical (unpaired) electrons. The van der Waals surface area contributed by atoms with E-state index in [1.54, 1.807) is 0 Å². The molecule has 2 N–H and O–H groups in total. The largest absolute Gasteiger partial charge is 0.449 e. The van der Waals surface area contributed by atoms with E-state index in [4.69, 9.17) is 27.9 Å². The molecule has 0 aromatic heterocycles. The van der Waals surface area contributed by atoms with Crippen LogP contribution < -0.4 is 10.0 Å². The maximum Gasteiger partial charge on any atom is 0.338 e. The second-order valence-electron chi connectivity index (χ2n) is 7.10. The normalized spacial score (nSPS) is 11.9. The number of sulfonamides is 1. The number of benzene rings is 3. The summed E-state index contributed by atoms with van der Waals surface area (Å²) in [5.41, 5.74) is 0.383. The molecule has 0 heterocycles. The Bertz CT molecular complexity index is 1380. The second-order valence-corrected chi connectivity index (χ2v) is 9.59. The Labute approximate surface area is 210 Å². The zero-order valence-electron chi connectivity index (χ0n) is 17.9. The summed E-state index contributed by atoms with van der Waals surface area (Å²) in [7, 11) is -4.04. The van der Waals surface area contributed by atoms with Crippen LogP contribution >= 0.6 is 23.2 Å². The molecule has 3 rings (SSSR count). The van der Waals surface area contributed by atoms with Gasteiger partial charge in [0.15, 0.2) is 6.10 Å². The third-order valence-electron chi connectivity index (χ3n) is 4.55. The molecule has 182 valence electrons. The number of nitro groups is 1. The number of nitrogens with zero attached hydrogens (tertiary/aromatic N) is 1. The van der Waals surface area contributed by atoms with E-state index < -0.39 is 32.9 Å². The van der Waals surface area contributed by atoms with Crippen molar-refractivity contribution in [3.63, 3.8) is 0 Å². The molecule has 3 aromatic carbocycles. The minimum absolute atomic E-state index is 0.0110. The van der Waals surface area contributed by atoms with Gasteiger partial charge in [0.1, 0.15) is 4.90 Å². The average molecular weight is 538 g/mol. The highest BCUT2D eigenvalue weighted by molar-refractivity contribution is 7.92. The Hall–Kier alpha value is -3.67. The molecule has 0 saturated heterocycles. The smallest absolute Gasteiger partial charge is 0.338 e. The lowest BCUT2D eigenvalue weighted by Gasteiger charge is -2.14. The summed E-state index contributed by atoms with van der Waals surface area (Å²) >= 11 is 11.8. The van der Waals surface area contributed by atoms with Crippen LogP contribution in [0.25, 0.3) is 0 Å². The molecular weight excluding hydrogens is 521 g/mol. The van der Waals surface area contributed by atoms with Gasteiger partial charge in [0.05, 0.1) is 15.5 Å². The van der Waals surface area contributed by atoms with Crippen LogP contribution in [0.3, 0.4) is 0 Å². The van der Waals surface area contributed by atoms with Gasteiger partial charge in [-0.1, -0.05) is 23.2 Å². The molecule has 35 heavy (non-hydrogen) atoms. The van der Waals surface area contributed by atoms with Crippen LogP contribution in [0.4, 0.5) is 17.1 Å². The van der Waals surface area contributed by atoms with Crippen molar-refractivity contribution < 1.29 is 27.7 Å². The lowest BCUT2D eigenvalue weighted by molar-refractivity contribution is -0.384. The highest BCUT2D eigenvalue weighted by Crippen LogP contribution is 2.27. The number of ether oxygens (including phenoxy) is 1. The maximum atomic E-state index is 12.6. The van der Waals surface area contributed by atoms with E-state index in [1.807, 2.05) is 0 Å². The van der Waals surface area contributed by atoms with Gasteiger partial charge in [-0.05, 0) is 61.5 Å². The second kappa shape index (κ2) is 10.7. The Morgan fingerprint density at radius 1 is 0.971 bits per heavy atom. The average Bonchev–Trinajstić information content (AvgIpc) is 2.81. The zero-order valence-corrected chi connectivity index (χ0v) is 20.2. The van der Waals surface area contributed by atoms with Crippen molar-refractivity contribution in [3.8, 4) is 0 Å². The first-order valence-corrected chi connectivity index (χ1v) is 12.0. The molecular formula is C22H17Cl2N3O7S. The maximum absolute atomic E-state index is 12.6. The fourth-order valence-corrected chi connectivity index (χ4v) is 4.58. The number of hydrogen-bond acceptors (Lipinski definition) is 7. The molecule has 0 saturated carbocycles. The minimum atomic E-state index is -4.04. The molecule has 3 aromatic rings. The third kappa shape index (κ3) is 6.69. The monoisotopic (exact) mass is 537 g/mol. The van der Waals surface area contributed by atoms with Gasteiger partial charge in [0.25, 0.3) is 21.6 Å². The van der Waals surface area contributed by atoms with Gasteiger partial charge in [-0.25, -0.2) is 13.2 Å². The topological polar surface area (TPSA) is 145 Å². The summed E-state index contributed by atoms with van der Waals surface area (Å²) in [5, 5.41) is 13.4. The van der Waals surface area contributed by atoms with Crippen molar-refractivity contribution in [2.24, 2.45) is 0 Å². The number of anilines is 2. The van der Waals surface area contributed by atoms with Gasteiger partial charge in [-0.2, -0.15) is 0 Å². The van der Waals surface area contributed by atoms with Gasteiger partial charge in [-0.15, -0.1) is 0 Å². The number of hydrogen-bond donors (Lipinski definition) is 2. The van der Waals surface area contributed by atoms with Gasteiger partial charge in [-0.3, -0.25) is 19.6 Å². The fourth-order valence-electron chi connectivity index (χ4n) is 2.76. The first kappa shape index (κ1) is 25.9. The predicted molar refractivity (Wildman–Crippen MR) is 130 cm³/mol. The van der Waals surface area contributed by atoms with Crippen molar-refractivity contribution in [3.05, 3.63) is 92.5 Å². The van der Waals surface area contributed by atoms with Crippen LogP contribution in [0, 0.1) is 10.1 Å². The lowest BCUT2D eigenvalue weighted by Crippen LogP contribution is -2.30. The van der Waals surface area contributed by atoms with E-state index in [1.165, 1.54) is 73.7 Å². The van der Waals surface area contributed by atoms with Crippen LogP contribution in [0.15, 0.2) is 71.6 Å². The van der Waals surface area contributed by atoms with Crippen molar-refractivity contribution >= 4 is 62.2 Å². The van der Waals surface area contributed by atoms with E-state index in [2.05, 4.69) is 10.0 Å². The molecule has 0 aliphatic heterocycles. The van der Waals surface area contributed by atoms with Gasteiger partial charge in [0.2, 0.25) is 0 Å². The van der Waals surface area contributed by atoms with Crippen molar-refractivity contribution in [2.75, 3.05) is 10.0 Å². The molecule has 0 aliphatic carbocycles. The molecule has 0 aliphatic rings. The molecule has 13 heteroatoms. The molecule has 0 unspecified atom stereocenters. The lowest BCUT2D eigenvalue weighted by atomic mass is 10.2. The van der Waals surface area contributed by atoms with E-state index >= 15 is 0 Å². The van der Waals surface area contributed by atoms with Crippen molar-refractivity contribution in [2.45, 2.75) is 17.9 Å². The van der Waals surface area contributed by atoms with Crippen LogP contribution in [0.5, 0.6) is 0 Å². The first-order chi connectivity index (χ1) is 16.5. The van der Waals surface area contributed by atoms with Crippen LogP contribution in [0.1, 0.15) is 17.3 Å². The number of carbonyl (C=O) groups is 2. The highest BCUT2D eigenvalue weighted by Gasteiger charge is 2.21. The van der Waals surface area contributed by atoms with Crippen molar-refractivity contribution in [1.82, 2.24) is 0 Å². The SMILES string of the molecule is C[C@@H](OC(=O)c1ccc(NS(=O)(=O)c2cc(Cl)ccc2Cl)cc1)C(=O)Nc1ccc([N+](=O)[O-])cc1. The standard InChI is InChI=1S/C22H17Cl2N3O7S/c1-13(21(28)25-16-7-9-18(10-8-16)27(30)31)34-22(29)14-2-5-17(6-3-14)26-35(32,33)20-12-15(23)4-11-19(20)24/h2-13,26H,1H3,(H,25,28)/t13-/m1/s1. The quantitative estimate of drug-likeness (QED) is 0.236. The molecule has 1 atom stereocenters. The number of nitrogens with one attached hydrogen (secondary N) is 2. The van der Waals surface area contributed by atoms with Crippen LogP contribution in [0.2, 0.25) is 10.0 Å². The van der Waals surface area contributed by atoms with Gasteiger partial charge < -0.3 is 10.1 Å². The Morgan fingerprint density at radius 2 is 1.57 bits per heavy atom. The number of halogens is 2. The number of carbonyl (C=O) groups excluding carboxylic acids is 2. The summed E-state index contributed by atoms with van der Waals surface area (Å²) in [5.74, 6) is -1.46. The van der Waals surface area contributed by atoms with Crippen LogP contribution in [-0.2, 0) is 19.6 Å². The number of rotatable bonds is 8. The summed E-state index contributed by atoms with van der Waals surface area (Å²) in [6.07, 6.45) is -1.18. The first-order valence-electron chi connectivity index (χ1n) is 9.80. The number of nitro benzene ring substituents is 1. The summed E-state index contributed by atoms with van der Waals surface area (Å²) in [4.78, 5) is 34.6. The highest BCUT2D eigenvalue weighted by atomic mass is 35.5. The predicted octanol–water partition coefficient (Wildman–Crippen LogP) is 4.89. The Balaban J connectivity index is 1.61. The molecule has 10 nitrogen and oxygen atoms in total. The van der Waals surface area contributed by atoms with E-state index in [9.17, 15) is 28.1 Å². The van der Waals surface area contributed by atoms with Gasteiger partial charge in [0, 0.05) is 28.5 Å².